The van der Waals surface area contributed by atoms with E-state index in [4.69, 9.17) is 4.74 Å². The van der Waals surface area contributed by atoms with Gasteiger partial charge in [-0.15, -0.1) is 0 Å². The molecule has 6 heteroatoms. The van der Waals surface area contributed by atoms with E-state index >= 15 is 0 Å². The molecule has 0 spiro atoms. The van der Waals surface area contributed by atoms with E-state index in [1.807, 2.05) is 0 Å². The van der Waals surface area contributed by atoms with Crippen LogP contribution in [-0.4, -0.2) is 29.9 Å². The number of nitrogens with one attached hydrogen (secondary N) is 2. The van der Waals surface area contributed by atoms with Gasteiger partial charge >= 0.3 is 6.09 Å². The lowest BCUT2D eigenvalue weighted by Gasteiger charge is -2.19. The van der Waals surface area contributed by atoms with Gasteiger partial charge in [0.1, 0.15) is 5.60 Å². The number of fused-ring (bicyclic) bond motifs is 1. The summed E-state index contributed by atoms with van der Waals surface area (Å²) in [5.41, 5.74) is 0.967. The largest absolute Gasteiger partial charge is 0.444 e. The minimum absolute atomic E-state index is 0.341. The molecule has 0 fully saturated rings. The van der Waals surface area contributed by atoms with Crippen molar-refractivity contribution in [1.29, 1.82) is 0 Å². The zero-order chi connectivity index (χ0) is 17.0. The van der Waals surface area contributed by atoms with Gasteiger partial charge in [0, 0.05) is 18.5 Å². The molecular weight excluding hydrogens is 296 g/mol. The molecule has 0 bridgehead atoms. The molecule has 1 aromatic rings. The van der Waals surface area contributed by atoms with Crippen LogP contribution in [0, 0.1) is 11.8 Å². The molecule has 0 aliphatic carbocycles. The second-order valence-corrected chi connectivity index (χ2v) is 6.02. The Kier molecular flexibility index (Phi) is 4.70. The lowest BCUT2D eigenvalue weighted by atomic mass is 10.1. The maximum absolute atomic E-state index is 11.6. The highest BCUT2D eigenvalue weighted by molar-refractivity contribution is 6.51. The quantitative estimate of drug-likeness (QED) is 0.497. The summed E-state index contributed by atoms with van der Waals surface area (Å²) in [5.74, 6) is 4.63. The fourth-order valence-corrected chi connectivity index (χ4v) is 1.93. The smallest absolute Gasteiger partial charge is 0.407 e. The first kappa shape index (κ1) is 16.6. The van der Waals surface area contributed by atoms with Gasteiger partial charge in [0.25, 0.3) is 11.7 Å². The number of anilines is 1. The summed E-state index contributed by atoms with van der Waals surface area (Å²) in [5, 5.41) is 5.09. The lowest BCUT2D eigenvalue weighted by Crippen LogP contribution is -2.32. The minimum Gasteiger partial charge on any atom is -0.444 e. The second kappa shape index (κ2) is 6.53. The van der Waals surface area contributed by atoms with E-state index < -0.39 is 23.4 Å². The van der Waals surface area contributed by atoms with Gasteiger partial charge in [0.15, 0.2) is 0 Å². The van der Waals surface area contributed by atoms with Gasteiger partial charge in [-0.1, -0.05) is 11.8 Å². The van der Waals surface area contributed by atoms with Gasteiger partial charge < -0.3 is 15.4 Å². The predicted molar refractivity (Wildman–Crippen MR) is 85.1 cm³/mol. The molecule has 0 unspecified atom stereocenters. The van der Waals surface area contributed by atoms with Crippen LogP contribution in [0.1, 0.15) is 43.1 Å². The molecular formula is C17H18N2O4. The molecule has 0 atom stereocenters. The monoisotopic (exact) mass is 314 g/mol. The highest BCUT2D eigenvalue weighted by Gasteiger charge is 2.27. The second-order valence-electron chi connectivity index (χ2n) is 6.02. The number of carbonyl (C=O) groups excluding carboxylic acids is 3. The third-order valence-corrected chi connectivity index (χ3v) is 2.87. The topological polar surface area (TPSA) is 84.5 Å². The maximum atomic E-state index is 11.6. The molecule has 2 N–H and O–H groups in total. The van der Waals surface area contributed by atoms with Crippen molar-refractivity contribution in [2.45, 2.75) is 32.8 Å². The number of Topliss-reactive ketones (excluding diaryl/α,β-unsaturated/α-hetero) is 1. The zero-order valence-electron chi connectivity index (χ0n) is 13.3. The third kappa shape index (κ3) is 4.58. The van der Waals surface area contributed by atoms with Crippen molar-refractivity contribution in [1.82, 2.24) is 5.32 Å². The standard InChI is InChI=1S/C17H18N2O4/c1-17(2,3)23-16(22)18-9-5-4-6-11-7-8-13-12(10-11)14(20)15(21)19-13/h7-8,10H,5,9H2,1-3H3,(H,18,22)(H,19,20,21). The van der Waals surface area contributed by atoms with Crippen LogP contribution in [0.25, 0.3) is 0 Å². The van der Waals surface area contributed by atoms with Gasteiger partial charge in [-0.05, 0) is 39.0 Å². The first-order chi connectivity index (χ1) is 10.8. The van der Waals surface area contributed by atoms with E-state index in [0.29, 0.717) is 29.8 Å². The Labute approximate surface area is 134 Å². The zero-order valence-corrected chi connectivity index (χ0v) is 13.3. The maximum Gasteiger partial charge on any atom is 0.407 e. The van der Waals surface area contributed by atoms with Crippen LogP contribution in [0.3, 0.4) is 0 Å². The first-order valence-corrected chi connectivity index (χ1v) is 7.22. The van der Waals surface area contributed by atoms with Crippen molar-refractivity contribution in [2.24, 2.45) is 0 Å². The summed E-state index contributed by atoms with van der Waals surface area (Å²) in [6.45, 7) is 5.75. The number of alkyl carbamates (subject to hydrolysis) is 1. The van der Waals surface area contributed by atoms with Crippen molar-refractivity contribution in [2.75, 3.05) is 11.9 Å². The van der Waals surface area contributed by atoms with Crippen LogP contribution in [0.4, 0.5) is 10.5 Å². The van der Waals surface area contributed by atoms with Gasteiger partial charge in [-0.2, -0.15) is 0 Å². The van der Waals surface area contributed by atoms with Crippen LogP contribution in [0.2, 0.25) is 0 Å². The fourth-order valence-electron chi connectivity index (χ4n) is 1.93. The van der Waals surface area contributed by atoms with Crippen LogP contribution in [0.5, 0.6) is 0 Å². The SMILES string of the molecule is CC(C)(C)OC(=O)NCCC#Cc1ccc2c(c1)C(=O)C(=O)N2. The number of hydrogen-bond acceptors (Lipinski definition) is 4. The van der Waals surface area contributed by atoms with E-state index in [9.17, 15) is 14.4 Å². The molecule has 6 nitrogen and oxygen atoms in total. The predicted octanol–water partition coefficient (Wildman–Crippen LogP) is 2.09. The number of ether oxygens (including phenoxy) is 1. The van der Waals surface area contributed by atoms with Gasteiger partial charge in [-0.25, -0.2) is 4.79 Å². The molecule has 1 aromatic carbocycles. The molecule has 1 aliphatic rings. The molecule has 2 rings (SSSR count). The molecule has 2 amide bonds. The summed E-state index contributed by atoms with van der Waals surface area (Å²) >= 11 is 0. The number of ketones is 1. The normalized spacial score (nSPS) is 12.8. The van der Waals surface area contributed by atoms with E-state index in [0.717, 1.165) is 0 Å². The molecule has 0 saturated heterocycles. The van der Waals surface area contributed by atoms with Crippen molar-refractivity contribution in [3.8, 4) is 11.8 Å². The minimum atomic E-state index is -0.619. The Morgan fingerprint density at radius 2 is 2.04 bits per heavy atom. The van der Waals surface area contributed by atoms with Crippen LogP contribution >= 0.6 is 0 Å². The van der Waals surface area contributed by atoms with E-state index in [2.05, 4.69) is 22.5 Å². The number of amides is 2. The highest BCUT2D eigenvalue weighted by atomic mass is 16.6. The Bertz CT molecular complexity index is 720. The lowest BCUT2D eigenvalue weighted by molar-refractivity contribution is -0.112. The summed E-state index contributed by atoms with van der Waals surface area (Å²) < 4.78 is 5.10. The van der Waals surface area contributed by atoms with E-state index in [-0.39, 0.29) is 0 Å². The summed E-state index contributed by atoms with van der Waals surface area (Å²) in [7, 11) is 0. The first-order valence-electron chi connectivity index (χ1n) is 7.22. The van der Waals surface area contributed by atoms with Gasteiger partial charge in [0.2, 0.25) is 0 Å². The number of carbonyl (C=O) groups is 3. The number of benzene rings is 1. The number of hydrogen-bond donors (Lipinski definition) is 2. The summed E-state index contributed by atoms with van der Waals surface area (Å²) in [6.07, 6.45) is -0.0337. The van der Waals surface area contributed by atoms with Gasteiger partial charge in [-0.3, -0.25) is 9.59 Å². The average Bonchev–Trinajstić information content (AvgIpc) is 2.72. The van der Waals surface area contributed by atoms with Crippen LogP contribution in [0.15, 0.2) is 18.2 Å². The molecule has 0 aromatic heterocycles. The molecule has 0 radical (unpaired) electrons. The Balaban J connectivity index is 1.86. The number of rotatable bonds is 2. The molecule has 120 valence electrons. The highest BCUT2D eigenvalue weighted by Crippen LogP contribution is 2.23. The Morgan fingerprint density at radius 1 is 1.30 bits per heavy atom. The third-order valence-electron chi connectivity index (χ3n) is 2.87. The summed E-state index contributed by atoms with van der Waals surface area (Å²) in [6, 6.07) is 4.97. The fraction of sp³-hybridized carbons (Fsp3) is 0.353. The van der Waals surface area contributed by atoms with Crippen LogP contribution < -0.4 is 10.6 Å². The molecule has 1 aliphatic heterocycles. The van der Waals surface area contributed by atoms with Crippen molar-refractivity contribution < 1.29 is 19.1 Å². The van der Waals surface area contributed by atoms with E-state index in [1.165, 1.54) is 0 Å². The van der Waals surface area contributed by atoms with Crippen molar-refractivity contribution in [3.63, 3.8) is 0 Å². The van der Waals surface area contributed by atoms with Crippen molar-refractivity contribution >= 4 is 23.5 Å². The molecule has 23 heavy (non-hydrogen) atoms. The van der Waals surface area contributed by atoms with Gasteiger partial charge in [0.05, 0.1) is 11.3 Å². The molecule has 0 saturated carbocycles. The average molecular weight is 314 g/mol. The Hall–Kier alpha value is -2.81. The molecule has 1 heterocycles. The Morgan fingerprint density at radius 3 is 2.74 bits per heavy atom. The summed E-state index contributed by atoms with van der Waals surface area (Å²) in [4.78, 5) is 34.3. The van der Waals surface area contributed by atoms with Crippen LogP contribution in [-0.2, 0) is 9.53 Å². The van der Waals surface area contributed by atoms with E-state index in [1.54, 1.807) is 39.0 Å². The van der Waals surface area contributed by atoms with Crippen molar-refractivity contribution in [3.05, 3.63) is 29.3 Å².